The fourth-order valence-electron chi connectivity index (χ4n) is 2.12. The van der Waals surface area contributed by atoms with Gasteiger partial charge >= 0.3 is 0 Å². The van der Waals surface area contributed by atoms with Crippen LogP contribution in [-0.2, 0) is 12.0 Å². The molecule has 112 valence electrons. The first-order valence-electron chi connectivity index (χ1n) is 6.91. The number of rotatable bonds is 4. The number of carbonyl (C=O) groups excluding carboxylic acids is 1. The molecule has 1 amide bonds. The minimum atomic E-state index is -0.125. The van der Waals surface area contributed by atoms with Crippen molar-refractivity contribution in [3.63, 3.8) is 0 Å². The molecule has 1 aromatic carbocycles. The third-order valence-corrected chi connectivity index (χ3v) is 3.27. The quantitative estimate of drug-likeness (QED) is 0.936. The third kappa shape index (κ3) is 3.66. The highest BCUT2D eigenvalue weighted by Gasteiger charge is 2.20. The average Bonchev–Trinajstić information content (AvgIpc) is 2.96. The predicted molar refractivity (Wildman–Crippen MR) is 81.6 cm³/mol. The largest absolute Gasteiger partial charge is 0.496 e. The molecule has 1 N–H and O–H groups in total. The standard InChI is InChI=1S/C17H21NO3/c1-17(2,3)14-10-12(7-8-15(14)20-4)16(19)18-11-13-6-5-9-21-13/h5-10H,11H2,1-4H3,(H,18,19). The SMILES string of the molecule is COc1ccc(C(=O)NCc2ccco2)cc1C(C)(C)C. The maximum atomic E-state index is 12.2. The van der Waals surface area contributed by atoms with Gasteiger partial charge < -0.3 is 14.5 Å². The summed E-state index contributed by atoms with van der Waals surface area (Å²) in [5.74, 6) is 1.40. The summed E-state index contributed by atoms with van der Waals surface area (Å²) in [6, 6.07) is 9.12. The van der Waals surface area contributed by atoms with E-state index in [1.54, 1.807) is 25.5 Å². The minimum Gasteiger partial charge on any atom is -0.496 e. The van der Waals surface area contributed by atoms with Gasteiger partial charge in [-0.05, 0) is 35.7 Å². The van der Waals surface area contributed by atoms with Crippen molar-refractivity contribution in [2.24, 2.45) is 0 Å². The summed E-state index contributed by atoms with van der Waals surface area (Å²) in [4.78, 5) is 12.2. The molecule has 2 aromatic rings. The number of hydrogen-bond donors (Lipinski definition) is 1. The topological polar surface area (TPSA) is 51.5 Å². The van der Waals surface area contributed by atoms with E-state index in [1.807, 2.05) is 18.2 Å². The molecule has 1 aromatic heterocycles. The summed E-state index contributed by atoms with van der Waals surface area (Å²) in [5, 5.41) is 2.84. The highest BCUT2D eigenvalue weighted by molar-refractivity contribution is 5.94. The van der Waals surface area contributed by atoms with Crippen LogP contribution >= 0.6 is 0 Å². The van der Waals surface area contributed by atoms with Crippen LogP contribution in [-0.4, -0.2) is 13.0 Å². The lowest BCUT2D eigenvalue weighted by Gasteiger charge is -2.22. The van der Waals surface area contributed by atoms with E-state index in [0.717, 1.165) is 17.1 Å². The molecule has 0 unspecified atom stereocenters. The minimum absolute atomic E-state index is 0.0946. The molecule has 0 aliphatic heterocycles. The predicted octanol–water partition coefficient (Wildman–Crippen LogP) is 3.52. The van der Waals surface area contributed by atoms with Crippen molar-refractivity contribution in [2.75, 3.05) is 7.11 Å². The van der Waals surface area contributed by atoms with Gasteiger partial charge in [0.15, 0.2) is 0 Å². The molecule has 0 spiro atoms. The number of benzene rings is 1. The normalized spacial score (nSPS) is 11.2. The lowest BCUT2D eigenvalue weighted by atomic mass is 9.85. The number of amides is 1. The van der Waals surface area contributed by atoms with Crippen LogP contribution in [0.1, 0.15) is 42.5 Å². The Hall–Kier alpha value is -2.23. The Labute approximate surface area is 125 Å². The van der Waals surface area contributed by atoms with Gasteiger partial charge in [0.25, 0.3) is 5.91 Å². The van der Waals surface area contributed by atoms with Gasteiger partial charge in [-0.1, -0.05) is 20.8 Å². The Balaban J connectivity index is 2.17. The summed E-state index contributed by atoms with van der Waals surface area (Å²) < 4.78 is 10.6. The van der Waals surface area contributed by atoms with E-state index in [0.29, 0.717) is 12.1 Å². The molecule has 1 heterocycles. The van der Waals surface area contributed by atoms with Crippen LogP contribution in [0.25, 0.3) is 0 Å². The molecule has 0 atom stereocenters. The fourth-order valence-corrected chi connectivity index (χ4v) is 2.12. The van der Waals surface area contributed by atoms with Gasteiger partial charge in [0.05, 0.1) is 19.9 Å². The van der Waals surface area contributed by atoms with Crippen LogP contribution in [0.15, 0.2) is 41.0 Å². The summed E-state index contributed by atoms with van der Waals surface area (Å²) in [7, 11) is 1.64. The zero-order valence-corrected chi connectivity index (χ0v) is 12.9. The van der Waals surface area contributed by atoms with Crippen molar-refractivity contribution in [1.82, 2.24) is 5.32 Å². The first kappa shape index (κ1) is 15.2. The van der Waals surface area contributed by atoms with Gasteiger partial charge in [-0.3, -0.25) is 4.79 Å². The molecular weight excluding hydrogens is 266 g/mol. The molecule has 0 fully saturated rings. The molecule has 0 aliphatic carbocycles. The molecule has 0 bridgehead atoms. The van der Waals surface area contributed by atoms with Crippen LogP contribution in [0, 0.1) is 0 Å². The average molecular weight is 287 g/mol. The van der Waals surface area contributed by atoms with Crippen molar-refractivity contribution < 1.29 is 13.9 Å². The highest BCUT2D eigenvalue weighted by Crippen LogP contribution is 2.31. The van der Waals surface area contributed by atoms with E-state index in [1.165, 1.54) is 0 Å². The summed E-state index contributed by atoms with van der Waals surface area (Å²) in [6.07, 6.45) is 1.59. The molecule has 0 aliphatic rings. The maximum absolute atomic E-state index is 12.2. The van der Waals surface area contributed by atoms with Gasteiger partial charge in [0, 0.05) is 11.1 Å². The highest BCUT2D eigenvalue weighted by atomic mass is 16.5. The smallest absolute Gasteiger partial charge is 0.251 e. The van der Waals surface area contributed by atoms with E-state index >= 15 is 0 Å². The number of methoxy groups -OCH3 is 1. The van der Waals surface area contributed by atoms with E-state index in [4.69, 9.17) is 9.15 Å². The first-order chi connectivity index (χ1) is 9.91. The Morgan fingerprint density at radius 1 is 1.29 bits per heavy atom. The van der Waals surface area contributed by atoms with Crippen LogP contribution in [0.3, 0.4) is 0 Å². The lowest BCUT2D eigenvalue weighted by molar-refractivity contribution is 0.0948. The van der Waals surface area contributed by atoms with Gasteiger partial charge in [0.2, 0.25) is 0 Å². The second-order valence-corrected chi connectivity index (χ2v) is 5.93. The molecule has 0 saturated heterocycles. The number of furan rings is 1. The molecule has 4 nitrogen and oxygen atoms in total. The maximum Gasteiger partial charge on any atom is 0.251 e. The fraction of sp³-hybridized carbons (Fsp3) is 0.353. The number of hydrogen-bond acceptors (Lipinski definition) is 3. The molecule has 2 rings (SSSR count). The zero-order valence-electron chi connectivity index (χ0n) is 12.9. The first-order valence-corrected chi connectivity index (χ1v) is 6.91. The van der Waals surface area contributed by atoms with Crippen LogP contribution in [0.2, 0.25) is 0 Å². The van der Waals surface area contributed by atoms with Crippen molar-refractivity contribution in [3.05, 3.63) is 53.5 Å². The van der Waals surface area contributed by atoms with Crippen molar-refractivity contribution in [3.8, 4) is 5.75 Å². The summed E-state index contributed by atoms with van der Waals surface area (Å²) >= 11 is 0. The molecule has 4 heteroatoms. The Kier molecular flexibility index (Phi) is 4.36. The van der Waals surface area contributed by atoms with Gasteiger partial charge in [-0.25, -0.2) is 0 Å². The number of nitrogens with one attached hydrogen (secondary N) is 1. The van der Waals surface area contributed by atoms with Gasteiger partial charge in [-0.15, -0.1) is 0 Å². The van der Waals surface area contributed by atoms with Gasteiger partial charge in [-0.2, -0.15) is 0 Å². The second kappa shape index (κ2) is 6.04. The van der Waals surface area contributed by atoms with E-state index in [2.05, 4.69) is 26.1 Å². The van der Waals surface area contributed by atoms with Crippen LogP contribution in [0.4, 0.5) is 0 Å². The Morgan fingerprint density at radius 3 is 2.62 bits per heavy atom. The van der Waals surface area contributed by atoms with Crippen LogP contribution < -0.4 is 10.1 Å². The molecule has 0 saturated carbocycles. The zero-order chi connectivity index (χ0) is 15.5. The monoisotopic (exact) mass is 287 g/mol. The summed E-state index contributed by atoms with van der Waals surface area (Å²) in [5.41, 5.74) is 1.53. The molecule has 0 radical (unpaired) electrons. The second-order valence-electron chi connectivity index (χ2n) is 5.93. The van der Waals surface area contributed by atoms with E-state index < -0.39 is 0 Å². The van der Waals surface area contributed by atoms with E-state index in [9.17, 15) is 4.79 Å². The number of carbonyl (C=O) groups is 1. The van der Waals surface area contributed by atoms with Crippen molar-refractivity contribution >= 4 is 5.91 Å². The molecule has 21 heavy (non-hydrogen) atoms. The Morgan fingerprint density at radius 2 is 2.05 bits per heavy atom. The third-order valence-electron chi connectivity index (χ3n) is 3.27. The summed E-state index contributed by atoms with van der Waals surface area (Å²) in [6.45, 7) is 6.66. The van der Waals surface area contributed by atoms with Gasteiger partial charge in [0.1, 0.15) is 11.5 Å². The lowest BCUT2D eigenvalue weighted by Crippen LogP contribution is -2.23. The number of ether oxygens (including phenoxy) is 1. The van der Waals surface area contributed by atoms with Crippen molar-refractivity contribution in [2.45, 2.75) is 32.7 Å². The Bertz CT molecular complexity index is 609. The van der Waals surface area contributed by atoms with Crippen molar-refractivity contribution in [1.29, 1.82) is 0 Å². The van der Waals surface area contributed by atoms with Crippen LogP contribution in [0.5, 0.6) is 5.75 Å². The molecular formula is C17H21NO3. The van der Waals surface area contributed by atoms with E-state index in [-0.39, 0.29) is 11.3 Å².